The fourth-order valence-corrected chi connectivity index (χ4v) is 3.98. The third-order valence-electron chi connectivity index (χ3n) is 5.50. The molecule has 2 heterocycles. The average molecular weight is 443 g/mol. The van der Waals surface area contributed by atoms with Crippen molar-refractivity contribution in [2.45, 2.75) is 25.4 Å². The Bertz CT molecular complexity index is 1190. The molecule has 0 radical (unpaired) electrons. The Morgan fingerprint density at radius 1 is 1.13 bits per heavy atom. The largest absolute Gasteiger partial charge is 0.351 e. The number of benzene rings is 2. The molecule has 1 fully saturated rings. The molecule has 160 valence electrons. The maximum absolute atomic E-state index is 14.0. The van der Waals surface area contributed by atoms with E-state index >= 15 is 0 Å². The zero-order valence-corrected chi connectivity index (χ0v) is 17.2. The molecule has 1 aliphatic rings. The molecule has 3 aromatic rings. The maximum Gasteiger partial charge on any atom is 0.323 e. The molecule has 4 rings (SSSR count). The molecule has 3 N–H and O–H groups in total. The van der Waals surface area contributed by atoms with Crippen LogP contribution < -0.4 is 11.1 Å². The third kappa shape index (κ3) is 3.98. The number of carbonyl (C=O) groups is 3. The SMILES string of the molecule is NC(=O)n1cc(CC(=O)N2CC[C@H]2C(=O)NCc2cccc(Cl)c2F)c2ccccc21. The number of nitrogens with zero attached hydrogens (tertiary/aromatic N) is 2. The van der Waals surface area contributed by atoms with Gasteiger partial charge in [-0.15, -0.1) is 0 Å². The van der Waals surface area contributed by atoms with E-state index in [9.17, 15) is 18.8 Å². The molecule has 2 aromatic carbocycles. The van der Waals surface area contributed by atoms with Crippen LogP contribution in [0.2, 0.25) is 5.02 Å². The number of fused-ring (bicyclic) bond motifs is 1. The van der Waals surface area contributed by atoms with E-state index in [1.807, 2.05) is 12.1 Å². The van der Waals surface area contributed by atoms with Gasteiger partial charge in [-0.25, -0.2) is 9.18 Å². The van der Waals surface area contributed by atoms with Crippen molar-refractivity contribution in [1.82, 2.24) is 14.8 Å². The maximum atomic E-state index is 14.0. The van der Waals surface area contributed by atoms with Gasteiger partial charge in [-0.3, -0.25) is 14.2 Å². The van der Waals surface area contributed by atoms with Gasteiger partial charge in [-0.05, 0) is 24.1 Å². The molecule has 1 atom stereocenters. The fourth-order valence-electron chi connectivity index (χ4n) is 3.78. The standard InChI is InChI=1S/C22H20ClFN4O3/c23-16-6-3-4-13(20(16)24)11-26-21(30)18-8-9-27(18)19(29)10-14-12-28(22(25)31)17-7-2-1-5-15(14)17/h1-7,12,18H,8-11H2,(H2,25,31)(H,26,30)/t18-/m0/s1. The van der Waals surface area contributed by atoms with E-state index in [0.29, 0.717) is 24.0 Å². The van der Waals surface area contributed by atoms with Crippen LogP contribution in [0.1, 0.15) is 17.5 Å². The highest BCUT2D eigenvalue weighted by Gasteiger charge is 2.37. The first-order chi connectivity index (χ1) is 14.9. The number of nitrogens with two attached hydrogens (primary N) is 1. The summed E-state index contributed by atoms with van der Waals surface area (Å²) in [5.74, 6) is -1.15. The van der Waals surface area contributed by atoms with Crippen LogP contribution in [0.3, 0.4) is 0 Å². The number of para-hydroxylation sites is 1. The number of rotatable bonds is 5. The number of aromatic nitrogens is 1. The summed E-state index contributed by atoms with van der Waals surface area (Å²) in [5.41, 5.74) is 6.98. The number of carbonyl (C=O) groups excluding carboxylic acids is 3. The molecule has 0 spiro atoms. The van der Waals surface area contributed by atoms with Crippen LogP contribution in [0.15, 0.2) is 48.7 Å². The van der Waals surface area contributed by atoms with Gasteiger partial charge in [0.05, 0.1) is 17.0 Å². The zero-order chi connectivity index (χ0) is 22.1. The highest BCUT2D eigenvalue weighted by molar-refractivity contribution is 6.30. The minimum absolute atomic E-state index is 0.0117. The van der Waals surface area contributed by atoms with E-state index in [1.165, 1.54) is 15.5 Å². The molecule has 1 aromatic heterocycles. The van der Waals surface area contributed by atoms with Crippen molar-refractivity contribution >= 4 is 40.3 Å². The summed E-state index contributed by atoms with van der Waals surface area (Å²) in [6, 6.07) is 10.5. The van der Waals surface area contributed by atoms with Crippen molar-refractivity contribution in [3.05, 3.63) is 70.6 Å². The van der Waals surface area contributed by atoms with Crippen molar-refractivity contribution in [3.63, 3.8) is 0 Å². The van der Waals surface area contributed by atoms with Crippen molar-refractivity contribution < 1.29 is 18.8 Å². The number of amides is 3. The van der Waals surface area contributed by atoms with Crippen LogP contribution in [0.4, 0.5) is 9.18 Å². The van der Waals surface area contributed by atoms with Gasteiger partial charge in [0.2, 0.25) is 11.8 Å². The number of primary amides is 1. The van der Waals surface area contributed by atoms with Crippen LogP contribution in [0.5, 0.6) is 0 Å². The van der Waals surface area contributed by atoms with Gasteiger partial charge in [0.1, 0.15) is 11.9 Å². The van der Waals surface area contributed by atoms with Crippen molar-refractivity contribution in [2.24, 2.45) is 5.73 Å². The van der Waals surface area contributed by atoms with Crippen LogP contribution in [0.25, 0.3) is 10.9 Å². The highest BCUT2D eigenvalue weighted by atomic mass is 35.5. The van der Waals surface area contributed by atoms with Crippen molar-refractivity contribution in [1.29, 1.82) is 0 Å². The fraction of sp³-hybridized carbons (Fsp3) is 0.227. The first kappa shape index (κ1) is 20.9. The predicted molar refractivity (Wildman–Crippen MR) is 114 cm³/mol. The summed E-state index contributed by atoms with van der Waals surface area (Å²) in [4.78, 5) is 38.6. The lowest BCUT2D eigenvalue weighted by atomic mass is 10.00. The Hall–Kier alpha value is -3.39. The van der Waals surface area contributed by atoms with Crippen LogP contribution in [-0.4, -0.2) is 39.9 Å². The second-order valence-electron chi connectivity index (χ2n) is 7.38. The lowest BCUT2D eigenvalue weighted by Crippen LogP contribution is -2.58. The van der Waals surface area contributed by atoms with Gasteiger partial charge >= 0.3 is 6.03 Å². The molecule has 1 saturated heterocycles. The van der Waals surface area contributed by atoms with E-state index in [0.717, 1.165) is 5.39 Å². The van der Waals surface area contributed by atoms with E-state index < -0.39 is 17.9 Å². The smallest absolute Gasteiger partial charge is 0.323 e. The molecular formula is C22H20ClFN4O3. The number of hydrogen-bond donors (Lipinski definition) is 2. The predicted octanol–water partition coefficient (Wildman–Crippen LogP) is 2.82. The molecule has 0 bridgehead atoms. The minimum atomic E-state index is -0.635. The van der Waals surface area contributed by atoms with E-state index in [1.54, 1.807) is 30.5 Å². The summed E-state index contributed by atoms with van der Waals surface area (Å²) in [6.07, 6.45) is 2.12. The van der Waals surface area contributed by atoms with E-state index in [2.05, 4.69) is 5.32 Å². The van der Waals surface area contributed by atoms with Gasteiger partial charge in [0.15, 0.2) is 0 Å². The first-order valence-corrected chi connectivity index (χ1v) is 10.1. The Balaban J connectivity index is 1.43. The molecule has 0 unspecified atom stereocenters. The Morgan fingerprint density at radius 3 is 2.61 bits per heavy atom. The minimum Gasteiger partial charge on any atom is -0.351 e. The van der Waals surface area contributed by atoms with Gasteiger partial charge in [-0.1, -0.05) is 41.9 Å². The van der Waals surface area contributed by atoms with Crippen LogP contribution >= 0.6 is 11.6 Å². The van der Waals surface area contributed by atoms with Gasteiger partial charge in [-0.2, -0.15) is 0 Å². The number of hydrogen-bond acceptors (Lipinski definition) is 3. The molecule has 31 heavy (non-hydrogen) atoms. The Labute approximate surface area is 182 Å². The number of halogens is 2. The summed E-state index contributed by atoms with van der Waals surface area (Å²) in [7, 11) is 0. The molecule has 0 aliphatic carbocycles. The van der Waals surface area contributed by atoms with Gasteiger partial charge < -0.3 is 16.0 Å². The van der Waals surface area contributed by atoms with Crippen molar-refractivity contribution in [2.75, 3.05) is 6.54 Å². The molecule has 7 nitrogen and oxygen atoms in total. The summed E-state index contributed by atoms with van der Waals surface area (Å²) in [5, 5.41) is 3.41. The molecule has 3 amide bonds. The van der Waals surface area contributed by atoms with Gasteiger partial charge in [0, 0.05) is 30.2 Å². The monoisotopic (exact) mass is 442 g/mol. The van der Waals surface area contributed by atoms with E-state index in [4.69, 9.17) is 17.3 Å². The Kier molecular flexibility index (Phi) is 5.65. The lowest BCUT2D eigenvalue weighted by Gasteiger charge is -2.39. The zero-order valence-electron chi connectivity index (χ0n) is 16.5. The number of nitrogens with one attached hydrogen (secondary N) is 1. The molecular weight excluding hydrogens is 423 g/mol. The molecule has 1 aliphatic heterocycles. The summed E-state index contributed by atoms with van der Waals surface area (Å²) in [6.45, 7) is 0.437. The quantitative estimate of drug-likeness (QED) is 0.635. The van der Waals surface area contributed by atoms with Crippen LogP contribution in [0, 0.1) is 5.82 Å². The highest BCUT2D eigenvalue weighted by Crippen LogP contribution is 2.25. The summed E-state index contributed by atoms with van der Waals surface area (Å²) >= 11 is 5.76. The van der Waals surface area contributed by atoms with Gasteiger partial charge in [0.25, 0.3) is 0 Å². The number of likely N-dealkylation sites (tertiary alicyclic amines) is 1. The first-order valence-electron chi connectivity index (χ1n) is 9.75. The van der Waals surface area contributed by atoms with Crippen LogP contribution in [-0.2, 0) is 22.6 Å². The van der Waals surface area contributed by atoms with Crippen molar-refractivity contribution in [3.8, 4) is 0 Å². The average Bonchev–Trinajstić information content (AvgIpc) is 3.07. The molecule has 9 heteroatoms. The summed E-state index contributed by atoms with van der Waals surface area (Å²) < 4.78 is 15.3. The van der Waals surface area contributed by atoms with E-state index in [-0.39, 0.29) is 35.4 Å². The normalized spacial score (nSPS) is 15.5. The topological polar surface area (TPSA) is 97.4 Å². The lowest BCUT2D eigenvalue weighted by molar-refractivity contribution is -0.146. The Morgan fingerprint density at radius 2 is 1.90 bits per heavy atom. The molecule has 0 saturated carbocycles. The second-order valence-corrected chi connectivity index (χ2v) is 7.79. The second kappa shape index (κ2) is 8.39. The third-order valence-corrected chi connectivity index (χ3v) is 5.79.